The minimum absolute atomic E-state index is 0. The Morgan fingerprint density at radius 2 is 2.00 bits per heavy atom. The Morgan fingerprint density at radius 3 is 2.58 bits per heavy atom. The van der Waals surface area contributed by atoms with E-state index in [1.807, 2.05) is 0 Å². The van der Waals surface area contributed by atoms with Gasteiger partial charge in [-0.15, -0.1) is 12.4 Å². The highest BCUT2D eigenvalue weighted by Crippen LogP contribution is 2.28. The number of rotatable bonds is 7. The summed E-state index contributed by atoms with van der Waals surface area (Å²) in [7, 11) is 1.14. The van der Waals surface area contributed by atoms with Crippen molar-refractivity contribution in [2.24, 2.45) is 0 Å². The first-order chi connectivity index (χ1) is 11.9. The summed E-state index contributed by atoms with van der Waals surface area (Å²) in [4.78, 5) is 14.1. The lowest BCUT2D eigenvalue weighted by Gasteiger charge is -2.27. The third kappa shape index (κ3) is 5.08. The molecule has 1 aliphatic rings. The van der Waals surface area contributed by atoms with Crippen LogP contribution >= 0.6 is 12.4 Å². The Morgan fingerprint density at radius 1 is 1.35 bits per heavy atom. The Balaban J connectivity index is 0.00000338. The summed E-state index contributed by atoms with van der Waals surface area (Å²) in [6.45, 7) is 2.45. The number of nitrogens with one attached hydrogen (secondary N) is 1. The van der Waals surface area contributed by atoms with Crippen LogP contribution in [-0.4, -0.2) is 84.1 Å². The monoisotopic (exact) mass is 407 g/mol. The van der Waals surface area contributed by atoms with E-state index in [2.05, 4.69) is 5.32 Å². The van der Waals surface area contributed by atoms with Gasteiger partial charge in [0.25, 0.3) is 5.91 Å². The Bertz CT molecular complexity index is 708. The minimum Gasteiger partial charge on any atom is -0.495 e. The minimum atomic E-state index is -3.76. The quantitative estimate of drug-likeness (QED) is 0.705. The van der Waals surface area contributed by atoms with Gasteiger partial charge in [-0.05, 0) is 25.2 Å². The largest absolute Gasteiger partial charge is 0.495 e. The van der Waals surface area contributed by atoms with Crippen LogP contribution in [0.3, 0.4) is 0 Å². The molecule has 0 bridgehead atoms. The Hall–Kier alpha value is -1.39. The molecule has 1 aliphatic heterocycles. The number of hydrogen-bond donors (Lipinski definition) is 1. The molecule has 0 atom stereocenters. The van der Waals surface area contributed by atoms with E-state index in [0.717, 1.165) is 0 Å². The fourth-order valence-corrected chi connectivity index (χ4v) is 4.13. The molecular formula is C16H26ClN3O5S. The van der Waals surface area contributed by atoms with E-state index in [1.54, 1.807) is 25.1 Å². The summed E-state index contributed by atoms with van der Waals surface area (Å²) in [6, 6.07) is 4.49. The van der Waals surface area contributed by atoms with Crippen LogP contribution in [-0.2, 0) is 14.8 Å². The second-order valence-corrected chi connectivity index (χ2v) is 7.62. The van der Waals surface area contributed by atoms with Crippen LogP contribution in [0.5, 0.6) is 5.75 Å². The van der Waals surface area contributed by atoms with E-state index < -0.39 is 10.0 Å². The van der Waals surface area contributed by atoms with Crippen molar-refractivity contribution in [2.75, 3.05) is 60.6 Å². The lowest BCUT2D eigenvalue weighted by Crippen LogP contribution is -2.40. The van der Waals surface area contributed by atoms with E-state index in [0.29, 0.717) is 31.9 Å². The second-order valence-electron chi connectivity index (χ2n) is 5.71. The second kappa shape index (κ2) is 10.1. The lowest BCUT2D eigenvalue weighted by molar-refractivity contribution is 0.0729. The Kier molecular flexibility index (Phi) is 8.78. The predicted octanol–water partition coefficient (Wildman–Crippen LogP) is 0.429. The predicted molar refractivity (Wildman–Crippen MR) is 101 cm³/mol. The van der Waals surface area contributed by atoms with Gasteiger partial charge in [0, 0.05) is 38.8 Å². The van der Waals surface area contributed by atoms with Crippen molar-refractivity contribution in [3.05, 3.63) is 23.8 Å². The zero-order valence-corrected chi connectivity index (χ0v) is 16.9. The van der Waals surface area contributed by atoms with E-state index in [9.17, 15) is 13.2 Å². The number of hydrogen-bond acceptors (Lipinski definition) is 6. The van der Waals surface area contributed by atoms with E-state index in [-0.39, 0.29) is 42.0 Å². The van der Waals surface area contributed by atoms with Crippen LogP contribution in [0.4, 0.5) is 0 Å². The van der Waals surface area contributed by atoms with Crippen LogP contribution in [0.2, 0.25) is 0 Å². The topological polar surface area (TPSA) is 88.2 Å². The van der Waals surface area contributed by atoms with Crippen LogP contribution < -0.4 is 10.1 Å². The SMILES string of the molecule is CNCCN(C)C(=O)c1ccc(OC)c(S(=O)(=O)N2CCOCC2)c1.Cl. The summed E-state index contributed by atoms with van der Waals surface area (Å²) in [5.74, 6) is -0.0164. The molecule has 1 saturated heterocycles. The molecule has 26 heavy (non-hydrogen) atoms. The number of amides is 1. The van der Waals surface area contributed by atoms with Crippen LogP contribution in [0.1, 0.15) is 10.4 Å². The molecule has 0 aliphatic carbocycles. The summed E-state index contributed by atoms with van der Waals surface area (Å²) < 4.78 is 37.7. The zero-order valence-electron chi connectivity index (χ0n) is 15.2. The van der Waals surface area contributed by atoms with Crippen LogP contribution in [0.25, 0.3) is 0 Å². The molecule has 0 spiro atoms. The first-order valence-electron chi connectivity index (χ1n) is 8.07. The van der Waals surface area contributed by atoms with Gasteiger partial charge in [0.1, 0.15) is 10.6 Å². The number of carbonyl (C=O) groups is 1. The maximum atomic E-state index is 12.9. The fraction of sp³-hybridized carbons (Fsp3) is 0.562. The van der Waals surface area contributed by atoms with Gasteiger partial charge in [-0.3, -0.25) is 4.79 Å². The number of sulfonamides is 1. The van der Waals surface area contributed by atoms with Gasteiger partial charge in [0.2, 0.25) is 10.0 Å². The van der Waals surface area contributed by atoms with Crippen molar-refractivity contribution in [3.63, 3.8) is 0 Å². The number of ether oxygens (including phenoxy) is 2. The van der Waals surface area contributed by atoms with E-state index in [4.69, 9.17) is 9.47 Å². The maximum absolute atomic E-state index is 12.9. The van der Waals surface area contributed by atoms with Crippen molar-refractivity contribution in [1.82, 2.24) is 14.5 Å². The molecule has 0 unspecified atom stereocenters. The Labute approximate surface area is 160 Å². The molecule has 8 nitrogen and oxygen atoms in total. The molecule has 1 N–H and O–H groups in total. The van der Waals surface area contributed by atoms with Gasteiger partial charge in [-0.25, -0.2) is 8.42 Å². The van der Waals surface area contributed by atoms with E-state index >= 15 is 0 Å². The number of likely N-dealkylation sites (N-methyl/N-ethyl adjacent to an activating group) is 2. The maximum Gasteiger partial charge on any atom is 0.253 e. The van der Waals surface area contributed by atoms with Gasteiger partial charge >= 0.3 is 0 Å². The average Bonchev–Trinajstić information content (AvgIpc) is 2.65. The first-order valence-corrected chi connectivity index (χ1v) is 9.52. The molecule has 148 valence electrons. The third-order valence-electron chi connectivity index (χ3n) is 4.04. The van der Waals surface area contributed by atoms with Gasteiger partial charge in [0.05, 0.1) is 20.3 Å². The van der Waals surface area contributed by atoms with Crippen molar-refractivity contribution in [2.45, 2.75) is 4.90 Å². The number of carbonyl (C=O) groups excluding carboxylic acids is 1. The van der Waals surface area contributed by atoms with Crippen LogP contribution in [0.15, 0.2) is 23.1 Å². The molecule has 2 rings (SSSR count). The molecule has 1 amide bonds. The molecule has 1 aromatic rings. The molecule has 1 heterocycles. The van der Waals surface area contributed by atoms with Crippen molar-refractivity contribution in [1.29, 1.82) is 0 Å². The lowest BCUT2D eigenvalue weighted by atomic mass is 10.2. The summed E-state index contributed by atoms with van der Waals surface area (Å²) >= 11 is 0. The third-order valence-corrected chi connectivity index (χ3v) is 5.96. The zero-order chi connectivity index (χ0) is 18.4. The molecular weight excluding hydrogens is 382 g/mol. The van der Waals surface area contributed by atoms with Crippen LogP contribution in [0, 0.1) is 0 Å². The van der Waals surface area contributed by atoms with Crippen molar-refractivity contribution < 1.29 is 22.7 Å². The van der Waals surface area contributed by atoms with Crippen molar-refractivity contribution in [3.8, 4) is 5.75 Å². The summed E-state index contributed by atoms with van der Waals surface area (Å²) in [5.41, 5.74) is 0.311. The first kappa shape index (κ1) is 22.7. The number of benzene rings is 1. The highest BCUT2D eigenvalue weighted by molar-refractivity contribution is 7.89. The standard InChI is InChI=1S/C16H25N3O5S.ClH/c1-17-6-7-18(2)16(20)13-4-5-14(23-3)15(12-13)25(21,22)19-8-10-24-11-9-19;/h4-5,12,17H,6-11H2,1-3H3;1H. The van der Waals surface area contributed by atoms with Crippen molar-refractivity contribution >= 4 is 28.3 Å². The highest BCUT2D eigenvalue weighted by atomic mass is 35.5. The van der Waals surface area contributed by atoms with E-state index in [1.165, 1.54) is 23.5 Å². The number of nitrogens with zero attached hydrogens (tertiary/aromatic N) is 2. The number of methoxy groups -OCH3 is 1. The van der Waals surface area contributed by atoms with Gasteiger partial charge in [0.15, 0.2) is 0 Å². The van der Waals surface area contributed by atoms with Gasteiger partial charge in [-0.2, -0.15) is 4.31 Å². The normalized spacial score (nSPS) is 15.2. The molecule has 1 aromatic carbocycles. The molecule has 0 radical (unpaired) electrons. The molecule has 10 heteroatoms. The summed E-state index contributed by atoms with van der Waals surface area (Å²) in [5, 5.41) is 2.97. The smallest absolute Gasteiger partial charge is 0.253 e. The molecule has 1 fully saturated rings. The van der Waals surface area contributed by atoms with Gasteiger partial charge in [-0.1, -0.05) is 0 Å². The average molecular weight is 408 g/mol. The number of morpholine rings is 1. The summed E-state index contributed by atoms with van der Waals surface area (Å²) in [6.07, 6.45) is 0. The fourth-order valence-electron chi connectivity index (χ4n) is 2.54. The number of halogens is 1. The molecule has 0 saturated carbocycles. The highest BCUT2D eigenvalue weighted by Gasteiger charge is 2.30. The van der Waals surface area contributed by atoms with Gasteiger partial charge < -0.3 is 19.7 Å². The molecule has 0 aromatic heterocycles.